The Balaban J connectivity index is 2.16. The first-order valence-electron chi connectivity index (χ1n) is 6.58. The zero-order chi connectivity index (χ0) is 15.0. The number of hydrogen-bond donors (Lipinski definition) is 1. The fourth-order valence-electron chi connectivity index (χ4n) is 2.62. The predicted molar refractivity (Wildman–Crippen MR) is 75.2 cm³/mol. The number of hydrogen-bond acceptors (Lipinski definition) is 1. The fourth-order valence-corrected chi connectivity index (χ4v) is 2.62. The van der Waals surface area contributed by atoms with Gasteiger partial charge in [-0.1, -0.05) is 12.1 Å². The van der Waals surface area contributed by atoms with E-state index in [9.17, 15) is 13.6 Å². The molecule has 0 bridgehead atoms. The van der Waals surface area contributed by atoms with Crippen molar-refractivity contribution in [2.24, 2.45) is 0 Å². The monoisotopic (exact) mass is 286 g/mol. The SMILES string of the molecule is O=C(O)c1ccc2c(c1)C(c1ccc(F)cc1F)=CCC2. The molecular formula is C17H12F2O2. The number of carbonyl (C=O) groups is 1. The maximum atomic E-state index is 14.0. The first-order chi connectivity index (χ1) is 10.1. The van der Waals surface area contributed by atoms with E-state index in [0.29, 0.717) is 16.7 Å². The molecule has 0 aromatic heterocycles. The second-order valence-corrected chi connectivity index (χ2v) is 4.96. The minimum atomic E-state index is -1.03. The van der Waals surface area contributed by atoms with Crippen LogP contribution < -0.4 is 0 Å². The second kappa shape index (κ2) is 5.13. The lowest BCUT2D eigenvalue weighted by atomic mass is 9.85. The van der Waals surface area contributed by atoms with Gasteiger partial charge in [-0.15, -0.1) is 0 Å². The molecule has 0 spiro atoms. The quantitative estimate of drug-likeness (QED) is 0.904. The van der Waals surface area contributed by atoms with Crippen LogP contribution in [0.1, 0.15) is 33.5 Å². The lowest BCUT2D eigenvalue weighted by molar-refractivity contribution is 0.0697. The summed E-state index contributed by atoms with van der Waals surface area (Å²) in [4.78, 5) is 11.1. The number of rotatable bonds is 2. The van der Waals surface area contributed by atoms with Gasteiger partial charge in [0.2, 0.25) is 0 Å². The molecule has 0 aliphatic heterocycles. The number of aromatic carboxylic acids is 1. The highest BCUT2D eigenvalue weighted by molar-refractivity contribution is 5.91. The zero-order valence-electron chi connectivity index (χ0n) is 11.1. The van der Waals surface area contributed by atoms with E-state index in [1.807, 2.05) is 6.08 Å². The van der Waals surface area contributed by atoms with Gasteiger partial charge in [0.05, 0.1) is 5.56 Å². The maximum absolute atomic E-state index is 14.0. The summed E-state index contributed by atoms with van der Waals surface area (Å²) in [5.74, 6) is -2.30. The molecule has 0 amide bonds. The molecule has 3 rings (SSSR count). The van der Waals surface area contributed by atoms with Gasteiger partial charge in [0.1, 0.15) is 11.6 Å². The molecule has 0 saturated carbocycles. The molecule has 2 nitrogen and oxygen atoms in total. The van der Waals surface area contributed by atoms with Gasteiger partial charge in [0.15, 0.2) is 0 Å². The van der Waals surface area contributed by atoms with E-state index in [0.717, 1.165) is 24.5 Å². The molecule has 0 fully saturated rings. The third kappa shape index (κ3) is 2.44. The molecule has 1 N–H and O–H groups in total. The van der Waals surface area contributed by atoms with Gasteiger partial charge in [-0.3, -0.25) is 0 Å². The summed E-state index contributed by atoms with van der Waals surface area (Å²) in [5, 5.41) is 9.09. The van der Waals surface area contributed by atoms with Crippen LogP contribution in [-0.4, -0.2) is 11.1 Å². The Kier molecular flexibility index (Phi) is 3.29. The third-order valence-corrected chi connectivity index (χ3v) is 3.63. The van der Waals surface area contributed by atoms with Crippen LogP contribution in [0.2, 0.25) is 0 Å². The summed E-state index contributed by atoms with van der Waals surface area (Å²) in [6.45, 7) is 0. The highest BCUT2D eigenvalue weighted by Crippen LogP contribution is 2.33. The van der Waals surface area contributed by atoms with Crippen molar-refractivity contribution < 1.29 is 18.7 Å². The van der Waals surface area contributed by atoms with Gasteiger partial charge >= 0.3 is 5.97 Å². The molecule has 106 valence electrons. The van der Waals surface area contributed by atoms with Gasteiger partial charge < -0.3 is 5.11 Å². The first-order valence-corrected chi connectivity index (χ1v) is 6.58. The summed E-state index contributed by atoms with van der Waals surface area (Å²) in [5.41, 5.74) is 2.74. The molecule has 1 aliphatic rings. The smallest absolute Gasteiger partial charge is 0.335 e. The Morgan fingerprint density at radius 1 is 1.05 bits per heavy atom. The van der Waals surface area contributed by atoms with Crippen molar-refractivity contribution >= 4 is 11.5 Å². The van der Waals surface area contributed by atoms with Crippen LogP contribution in [0.5, 0.6) is 0 Å². The van der Waals surface area contributed by atoms with Crippen LogP contribution in [-0.2, 0) is 6.42 Å². The summed E-state index contributed by atoms with van der Waals surface area (Å²) >= 11 is 0. The van der Waals surface area contributed by atoms with E-state index < -0.39 is 17.6 Å². The van der Waals surface area contributed by atoms with Crippen LogP contribution in [0.3, 0.4) is 0 Å². The van der Waals surface area contributed by atoms with E-state index >= 15 is 0 Å². The molecule has 0 atom stereocenters. The van der Waals surface area contributed by atoms with E-state index in [1.54, 1.807) is 18.2 Å². The van der Waals surface area contributed by atoms with Gasteiger partial charge in [0.25, 0.3) is 0 Å². The predicted octanol–water partition coefficient (Wildman–Crippen LogP) is 4.04. The number of fused-ring (bicyclic) bond motifs is 1. The van der Waals surface area contributed by atoms with Crippen molar-refractivity contribution in [2.75, 3.05) is 0 Å². The van der Waals surface area contributed by atoms with Crippen LogP contribution >= 0.6 is 0 Å². The largest absolute Gasteiger partial charge is 0.478 e. The van der Waals surface area contributed by atoms with Crippen molar-refractivity contribution in [3.05, 3.63) is 76.4 Å². The summed E-state index contributed by atoms with van der Waals surface area (Å²) < 4.78 is 27.0. The van der Waals surface area contributed by atoms with Crippen molar-refractivity contribution in [3.8, 4) is 0 Å². The second-order valence-electron chi connectivity index (χ2n) is 4.96. The minimum Gasteiger partial charge on any atom is -0.478 e. The molecule has 2 aromatic carbocycles. The molecule has 1 aliphatic carbocycles. The average Bonchev–Trinajstić information content (AvgIpc) is 2.46. The average molecular weight is 286 g/mol. The standard InChI is InChI=1S/C17H12F2O2/c18-12-6-7-14(16(19)9-12)13-3-1-2-10-4-5-11(17(20)21)8-15(10)13/h3-9H,1-2H2,(H,20,21). The van der Waals surface area contributed by atoms with Crippen molar-refractivity contribution in [1.82, 2.24) is 0 Å². The molecule has 2 aromatic rings. The summed E-state index contributed by atoms with van der Waals surface area (Å²) in [6.07, 6.45) is 3.39. The first kappa shape index (κ1) is 13.5. The summed E-state index contributed by atoms with van der Waals surface area (Å²) in [6, 6.07) is 8.28. The molecule has 21 heavy (non-hydrogen) atoms. The van der Waals surface area contributed by atoms with Gasteiger partial charge in [-0.05, 0) is 53.8 Å². The Morgan fingerprint density at radius 2 is 1.86 bits per heavy atom. The number of carboxylic acids is 1. The topological polar surface area (TPSA) is 37.3 Å². The minimum absolute atomic E-state index is 0.157. The van der Waals surface area contributed by atoms with E-state index in [1.165, 1.54) is 12.1 Å². The lowest BCUT2D eigenvalue weighted by Crippen LogP contribution is -2.06. The molecule has 0 radical (unpaired) electrons. The third-order valence-electron chi connectivity index (χ3n) is 3.63. The highest BCUT2D eigenvalue weighted by atomic mass is 19.1. The molecule has 0 saturated heterocycles. The van der Waals surface area contributed by atoms with Crippen LogP contribution in [0, 0.1) is 11.6 Å². The number of aryl methyl sites for hydroxylation is 1. The zero-order valence-corrected chi connectivity index (χ0v) is 11.1. The molecular weight excluding hydrogens is 274 g/mol. The fraction of sp³-hybridized carbons (Fsp3) is 0.118. The Labute approximate surface area is 120 Å². The van der Waals surface area contributed by atoms with Gasteiger partial charge in [0, 0.05) is 11.6 Å². The van der Waals surface area contributed by atoms with Gasteiger partial charge in [-0.2, -0.15) is 0 Å². The number of halogens is 2. The Morgan fingerprint density at radius 3 is 2.57 bits per heavy atom. The Bertz CT molecular complexity index is 763. The van der Waals surface area contributed by atoms with E-state index in [2.05, 4.69) is 0 Å². The maximum Gasteiger partial charge on any atom is 0.335 e. The van der Waals surface area contributed by atoms with Crippen LogP contribution in [0.4, 0.5) is 8.78 Å². The van der Waals surface area contributed by atoms with Gasteiger partial charge in [-0.25, -0.2) is 13.6 Å². The summed E-state index contributed by atoms with van der Waals surface area (Å²) in [7, 11) is 0. The normalized spacial score (nSPS) is 13.5. The molecule has 0 unspecified atom stereocenters. The van der Waals surface area contributed by atoms with Crippen LogP contribution in [0.25, 0.3) is 5.57 Å². The van der Waals surface area contributed by atoms with Crippen molar-refractivity contribution in [3.63, 3.8) is 0 Å². The van der Waals surface area contributed by atoms with E-state index in [-0.39, 0.29) is 5.56 Å². The van der Waals surface area contributed by atoms with E-state index in [4.69, 9.17) is 5.11 Å². The Hall–Kier alpha value is -2.49. The van der Waals surface area contributed by atoms with Crippen molar-refractivity contribution in [1.29, 1.82) is 0 Å². The lowest BCUT2D eigenvalue weighted by Gasteiger charge is -2.19. The number of benzene rings is 2. The molecule has 0 heterocycles. The number of carboxylic acid groups (broad SMARTS) is 1. The van der Waals surface area contributed by atoms with Crippen LogP contribution in [0.15, 0.2) is 42.5 Å². The van der Waals surface area contributed by atoms with Crippen molar-refractivity contribution in [2.45, 2.75) is 12.8 Å². The molecule has 4 heteroatoms. The number of allylic oxidation sites excluding steroid dienone is 1. The highest BCUT2D eigenvalue weighted by Gasteiger charge is 2.19.